The molecular formula is C78H60N4O2. The van der Waals surface area contributed by atoms with Gasteiger partial charge in [-0.15, -0.1) is 0 Å². The van der Waals surface area contributed by atoms with Crippen molar-refractivity contribution >= 4 is 87.5 Å². The molecule has 0 saturated heterocycles. The van der Waals surface area contributed by atoms with Gasteiger partial charge in [-0.3, -0.25) is 4.57 Å². The highest BCUT2D eigenvalue weighted by molar-refractivity contribution is 6.13. The molecule has 16 rings (SSSR count). The Balaban J connectivity index is 0.829. The first-order valence-corrected chi connectivity index (χ1v) is 29.5. The molecule has 16 aromatic rings. The molecule has 6 nitrogen and oxygen atoms in total. The van der Waals surface area contributed by atoms with Gasteiger partial charge in [-0.2, -0.15) is 0 Å². The van der Waals surface area contributed by atoms with Gasteiger partial charge < -0.3 is 18.0 Å². The molecule has 0 amide bonds. The van der Waals surface area contributed by atoms with E-state index in [1.165, 1.54) is 88.2 Å². The average Bonchev–Trinajstić information content (AvgIpc) is 2.43. The number of furan rings is 2. The monoisotopic (exact) mass is 1080 g/mol. The van der Waals surface area contributed by atoms with Crippen LogP contribution >= 0.6 is 0 Å². The third kappa shape index (κ3) is 8.03. The molecule has 2 atom stereocenters. The molecule has 0 aliphatic heterocycles. The minimum absolute atomic E-state index is 0.210. The largest absolute Gasteiger partial charge is 0.456 e. The quantitative estimate of drug-likeness (QED) is 0.130. The van der Waals surface area contributed by atoms with E-state index >= 15 is 0 Å². The van der Waals surface area contributed by atoms with Crippen LogP contribution in [0, 0.1) is 20.8 Å². The first kappa shape index (κ1) is 49.6. The van der Waals surface area contributed by atoms with Crippen molar-refractivity contribution in [3.63, 3.8) is 0 Å². The van der Waals surface area contributed by atoms with Crippen LogP contribution in [-0.2, 0) is 0 Å². The van der Waals surface area contributed by atoms with Crippen molar-refractivity contribution < 1.29 is 8.83 Å². The number of benzene rings is 11. The number of aromatic nitrogens is 4. The van der Waals surface area contributed by atoms with Crippen LogP contribution in [0.5, 0.6) is 0 Å². The van der Waals surface area contributed by atoms with Crippen molar-refractivity contribution in [1.29, 1.82) is 0 Å². The van der Waals surface area contributed by atoms with E-state index in [9.17, 15) is 0 Å². The van der Waals surface area contributed by atoms with Gasteiger partial charge in [-0.1, -0.05) is 153 Å². The fraction of sp³-hybridized carbons (Fsp3) is 0.115. The molecule has 5 heterocycles. The average molecular weight is 1090 g/mol. The standard InChI is InChI=1S/C78H60N4O2/c1-6-51(52-23-25-53(26-24-52)78-79-35-36-80(78)77-49(4)37-47(2)38-50(77)5)39-48(3)58-40-59(81-69-19-11-7-15-61(69)65-42-54(27-31-71(65)81)56-29-33-75-67(44-56)63-17-9-13-21-73(63)83-75)46-60(41-58)82-70-20-12-8-16-62(70)66-43-55(28-32-72(66)82)57-30-34-76-68(45-57)64-18-10-14-22-74(64)84-76/h7-38,40-46,48,51H,6,39H2,1-5H3. The van der Waals surface area contributed by atoms with E-state index in [0.717, 1.165) is 90.6 Å². The number of fused-ring (bicyclic) bond motifs is 12. The van der Waals surface area contributed by atoms with Crippen LogP contribution in [-0.4, -0.2) is 18.7 Å². The van der Waals surface area contributed by atoms with E-state index in [0.29, 0.717) is 5.92 Å². The number of aryl methyl sites for hydroxylation is 3. The summed E-state index contributed by atoms with van der Waals surface area (Å²) in [5, 5.41) is 9.39. The topological polar surface area (TPSA) is 54.0 Å². The lowest BCUT2D eigenvalue weighted by Crippen LogP contribution is -2.07. The summed E-state index contributed by atoms with van der Waals surface area (Å²) in [7, 11) is 0. The van der Waals surface area contributed by atoms with E-state index in [1.54, 1.807) is 0 Å². The predicted octanol–water partition coefficient (Wildman–Crippen LogP) is 21.5. The van der Waals surface area contributed by atoms with Crippen molar-refractivity contribution in [2.45, 2.75) is 59.3 Å². The fourth-order valence-corrected chi connectivity index (χ4v) is 14.1. The summed E-state index contributed by atoms with van der Waals surface area (Å²) in [5.74, 6) is 1.50. The van der Waals surface area contributed by atoms with Crippen molar-refractivity contribution in [1.82, 2.24) is 18.7 Å². The molecule has 0 N–H and O–H groups in total. The van der Waals surface area contributed by atoms with E-state index < -0.39 is 0 Å². The Kier molecular flexibility index (Phi) is 11.5. The normalized spacial score (nSPS) is 12.8. The molecule has 2 unspecified atom stereocenters. The summed E-state index contributed by atoms with van der Waals surface area (Å²) in [6, 6.07) is 82.8. The highest BCUT2D eigenvalue weighted by atomic mass is 16.3. The second kappa shape index (κ2) is 19.5. The number of hydrogen-bond acceptors (Lipinski definition) is 3. The first-order chi connectivity index (χ1) is 41.2. The van der Waals surface area contributed by atoms with Crippen LogP contribution in [0.2, 0.25) is 0 Å². The van der Waals surface area contributed by atoms with Gasteiger partial charge in [0.05, 0.1) is 27.8 Å². The summed E-state index contributed by atoms with van der Waals surface area (Å²) in [6.45, 7) is 11.3. The molecular weight excluding hydrogens is 1020 g/mol. The predicted molar refractivity (Wildman–Crippen MR) is 350 cm³/mol. The van der Waals surface area contributed by atoms with E-state index in [1.807, 2.05) is 30.5 Å². The van der Waals surface area contributed by atoms with Gasteiger partial charge in [0.25, 0.3) is 0 Å². The van der Waals surface area contributed by atoms with Gasteiger partial charge in [0.2, 0.25) is 0 Å². The highest BCUT2D eigenvalue weighted by Gasteiger charge is 2.23. The summed E-state index contributed by atoms with van der Waals surface area (Å²) in [4.78, 5) is 4.91. The third-order valence-electron chi connectivity index (χ3n) is 18.1. The van der Waals surface area contributed by atoms with Crippen molar-refractivity contribution in [2.75, 3.05) is 0 Å². The molecule has 0 aliphatic carbocycles. The maximum atomic E-state index is 6.26. The SMILES string of the molecule is CCC(CC(C)c1cc(-n2c3ccccc3c3cc(-c4ccc5oc6ccccc6c5c4)ccc32)cc(-n2c3ccccc3c3cc(-c4ccc5oc6ccccc6c5c4)ccc32)c1)c1ccc(-c2nccn2-c2c(C)cc(C)cc2C)cc1. The molecule has 0 saturated carbocycles. The Labute approximate surface area is 487 Å². The lowest BCUT2D eigenvalue weighted by molar-refractivity contribution is 0.544. The third-order valence-corrected chi connectivity index (χ3v) is 18.1. The van der Waals surface area contributed by atoms with E-state index in [2.05, 4.69) is 255 Å². The van der Waals surface area contributed by atoms with Gasteiger partial charge in [0.1, 0.15) is 28.2 Å². The van der Waals surface area contributed by atoms with Crippen molar-refractivity contribution in [2.24, 2.45) is 0 Å². The minimum Gasteiger partial charge on any atom is -0.456 e. The van der Waals surface area contributed by atoms with Gasteiger partial charge in [-0.25, -0.2) is 4.98 Å². The van der Waals surface area contributed by atoms with Crippen LogP contribution in [0.1, 0.15) is 66.3 Å². The Morgan fingerprint density at radius 3 is 1.37 bits per heavy atom. The maximum absolute atomic E-state index is 6.26. The van der Waals surface area contributed by atoms with Gasteiger partial charge in [-0.05, 0) is 181 Å². The summed E-state index contributed by atoms with van der Waals surface area (Å²) < 4.78 is 19.8. The van der Waals surface area contributed by atoms with Crippen molar-refractivity contribution in [3.8, 4) is 50.7 Å². The van der Waals surface area contributed by atoms with Crippen LogP contribution in [0.3, 0.4) is 0 Å². The van der Waals surface area contributed by atoms with Crippen LogP contribution in [0.4, 0.5) is 0 Å². The summed E-state index contributed by atoms with van der Waals surface area (Å²) in [5.41, 5.74) is 24.0. The molecule has 11 aromatic carbocycles. The zero-order chi connectivity index (χ0) is 56.3. The number of rotatable bonds is 11. The van der Waals surface area contributed by atoms with E-state index in [4.69, 9.17) is 13.8 Å². The molecule has 6 heteroatoms. The van der Waals surface area contributed by atoms with Crippen LogP contribution < -0.4 is 0 Å². The summed E-state index contributed by atoms with van der Waals surface area (Å²) >= 11 is 0. The number of hydrogen-bond donors (Lipinski definition) is 0. The highest BCUT2D eigenvalue weighted by Crippen LogP contribution is 2.43. The van der Waals surface area contributed by atoms with Crippen molar-refractivity contribution in [3.05, 3.63) is 265 Å². The molecule has 0 radical (unpaired) electrons. The summed E-state index contributed by atoms with van der Waals surface area (Å²) in [6.07, 6.45) is 6.01. The van der Waals surface area contributed by atoms with E-state index in [-0.39, 0.29) is 5.92 Å². The maximum Gasteiger partial charge on any atom is 0.144 e. The number of nitrogens with zero attached hydrogens (tertiary/aromatic N) is 4. The molecule has 0 spiro atoms. The Morgan fingerprint density at radius 2 is 0.845 bits per heavy atom. The Hall–Kier alpha value is -10.2. The Morgan fingerprint density at radius 1 is 0.405 bits per heavy atom. The lowest BCUT2D eigenvalue weighted by Gasteiger charge is -2.23. The molecule has 0 bridgehead atoms. The second-order valence-corrected chi connectivity index (χ2v) is 23.3. The first-order valence-electron chi connectivity index (χ1n) is 29.5. The van der Waals surface area contributed by atoms with Gasteiger partial charge in [0.15, 0.2) is 0 Å². The zero-order valence-corrected chi connectivity index (χ0v) is 47.7. The zero-order valence-electron chi connectivity index (χ0n) is 47.7. The fourth-order valence-electron chi connectivity index (χ4n) is 14.1. The minimum atomic E-state index is 0.210. The van der Waals surface area contributed by atoms with Crippen LogP contribution in [0.15, 0.2) is 246 Å². The Bertz CT molecular complexity index is 5020. The molecule has 404 valence electrons. The molecule has 84 heavy (non-hydrogen) atoms. The number of para-hydroxylation sites is 4. The molecule has 0 aliphatic rings. The molecule has 5 aromatic heterocycles. The second-order valence-electron chi connectivity index (χ2n) is 23.3. The number of imidazole rings is 1. The van der Waals surface area contributed by atoms with Gasteiger partial charge in [0, 0.05) is 72.4 Å². The smallest absolute Gasteiger partial charge is 0.144 e. The van der Waals surface area contributed by atoms with Gasteiger partial charge >= 0.3 is 0 Å². The molecule has 0 fully saturated rings. The lowest BCUT2D eigenvalue weighted by atomic mass is 9.84. The van der Waals surface area contributed by atoms with Crippen LogP contribution in [0.25, 0.3) is 138 Å².